The van der Waals surface area contributed by atoms with Gasteiger partial charge in [-0.25, -0.2) is 24.0 Å². The lowest BCUT2D eigenvalue weighted by Crippen LogP contribution is -2.27. The molecule has 8 nitrogen and oxygen atoms in total. The van der Waals surface area contributed by atoms with Crippen LogP contribution in [0.5, 0.6) is 0 Å². The number of nitrogens with one attached hydrogen (secondary N) is 2. The largest absolute Gasteiger partial charge is 0.365 e. The van der Waals surface area contributed by atoms with Crippen molar-refractivity contribution in [1.82, 2.24) is 30.0 Å². The summed E-state index contributed by atoms with van der Waals surface area (Å²) in [4.78, 5) is 25.9. The molecule has 0 aliphatic heterocycles. The number of carbonyl (C=O) groups is 1. The predicted molar refractivity (Wildman–Crippen MR) is 113 cm³/mol. The summed E-state index contributed by atoms with van der Waals surface area (Å²) in [5.74, 6) is 0.249. The third-order valence-corrected chi connectivity index (χ3v) is 5.60. The molecule has 30 heavy (non-hydrogen) atoms. The lowest BCUT2D eigenvalue weighted by molar-refractivity contribution is 0.0955. The number of benzene rings is 1. The molecule has 2 N–H and O–H groups in total. The van der Waals surface area contributed by atoms with Crippen LogP contribution in [0.1, 0.15) is 25.9 Å². The quantitative estimate of drug-likeness (QED) is 0.472. The summed E-state index contributed by atoms with van der Waals surface area (Å²) in [6, 6.07) is 6.29. The molecule has 4 aromatic rings. The van der Waals surface area contributed by atoms with Crippen molar-refractivity contribution in [3.63, 3.8) is 0 Å². The minimum absolute atomic E-state index is 0.133. The van der Waals surface area contributed by atoms with E-state index < -0.39 is 0 Å². The van der Waals surface area contributed by atoms with E-state index in [4.69, 9.17) is 0 Å². The van der Waals surface area contributed by atoms with Crippen molar-refractivity contribution in [1.29, 1.82) is 0 Å². The molecule has 0 unspecified atom stereocenters. The van der Waals surface area contributed by atoms with Crippen LogP contribution < -0.4 is 10.6 Å². The maximum absolute atomic E-state index is 13.0. The Morgan fingerprint density at radius 2 is 2.00 bits per heavy atom. The Morgan fingerprint density at radius 3 is 2.73 bits per heavy atom. The van der Waals surface area contributed by atoms with E-state index in [1.807, 2.05) is 13.8 Å². The van der Waals surface area contributed by atoms with E-state index >= 15 is 0 Å². The molecule has 0 saturated carbocycles. The predicted octanol–water partition coefficient (Wildman–Crippen LogP) is 3.08. The third kappa shape index (κ3) is 4.28. The van der Waals surface area contributed by atoms with Crippen LogP contribution in [0.4, 0.5) is 10.2 Å². The van der Waals surface area contributed by atoms with Gasteiger partial charge in [0, 0.05) is 13.1 Å². The van der Waals surface area contributed by atoms with Gasteiger partial charge < -0.3 is 10.6 Å². The van der Waals surface area contributed by atoms with Crippen LogP contribution >= 0.6 is 11.3 Å². The third-order valence-electron chi connectivity index (χ3n) is 4.53. The smallest absolute Gasteiger partial charge is 0.263 e. The monoisotopic (exact) mass is 425 g/mol. The van der Waals surface area contributed by atoms with Gasteiger partial charge in [0.2, 0.25) is 0 Å². The van der Waals surface area contributed by atoms with Crippen molar-refractivity contribution >= 4 is 34.1 Å². The Balaban J connectivity index is 1.40. The number of nitrogens with zero attached hydrogens (tertiary/aromatic N) is 5. The van der Waals surface area contributed by atoms with Crippen molar-refractivity contribution in [3.05, 3.63) is 63.7 Å². The van der Waals surface area contributed by atoms with Gasteiger partial charge >= 0.3 is 0 Å². The maximum Gasteiger partial charge on any atom is 0.263 e. The molecule has 0 aliphatic carbocycles. The van der Waals surface area contributed by atoms with Crippen molar-refractivity contribution < 1.29 is 9.18 Å². The topological polar surface area (TPSA) is 97.6 Å². The Labute approximate surface area is 176 Å². The molecule has 0 radical (unpaired) electrons. The second-order valence-corrected chi connectivity index (χ2v) is 7.91. The highest BCUT2D eigenvalue weighted by Crippen LogP contribution is 2.20. The van der Waals surface area contributed by atoms with Gasteiger partial charge in [0.25, 0.3) is 5.91 Å². The minimum atomic E-state index is -0.266. The Kier molecular flexibility index (Phi) is 5.66. The number of rotatable bonds is 7. The Morgan fingerprint density at radius 1 is 1.20 bits per heavy atom. The summed E-state index contributed by atoms with van der Waals surface area (Å²) in [7, 11) is 0. The molecule has 0 aliphatic rings. The molecule has 0 spiro atoms. The fraction of sp³-hybridized carbons (Fsp3) is 0.250. The molecule has 0 saturated heterocycles. The number of hydrogen-bond acceptors (Lipinski definition) is 7. The highest BCUT2D eigenvalue weighted by Gasteiger charge is 2.14. The first-order valence-electron chi connectivity index (χ1n) is 9.38. The Bertz CT molecular complexity index is 1190. The lowest BCUT2D eigenvalue weighted by atomic mass is 10.2. The first-order chi connectivity index (χ1) is 14.5. The molecule has 1 amide bonds. The summed E-state index contributed by atoms with van der Waals surface area (Å²) in [6.45, 7) is 5.10. The molecule has 3 aromatic heterocycles. The lowest BCUT2D eigenvalue weighted by Gasteiger charge is -2.08. The molecular weight excluding hydrogens is 405 g/mol. The fourth-order valence-corrected chi connectivity index (χ4v) is 3.92. The minimum Gasteiger partial charge on any atom is -0.365 e. The highest BCUT2D eigenvalue weighted by atomic mass is 32.1. The van der Waals surface area contributed by atoms with Crippen LogP contribution in [0.2, 0.25) is 0 Å². The average molecular weight is 425 g/mol. The van der Waals surface area contributed by atoms with Crippen LogP contribution in [-0.4, -0.2) is 37.2 Å². The van der Waals surface area contributed by atoms with Gasteiger partial charge in [0.15, 0.2) is 5.65 Å². The number of fused-ring (bicyclic) bond motifs is 1. The van der Waals surface area contributed by atoms with E-state index in [0.717, 1.165) is 21.7 Å². The van der Waals surface area contributed by atoms with E-state index in [1.165, 1.54) is 29.8 Å². The van der Waals surface area contributed by atoms with Crippen molar-refractivity contribution in [2.24, 2.45) is 0 Å². The second-order valence-electron chi connectivity index (χ2n) is 6.71. The van der Waals surface area contributed by atoms with Gasteiger partial charge in [-0.05, 0) is 31.5 Å². The molecule has 1 aromatic carbocycles. The zero-order valence-electron chi connectivity index (χ0n) is 16.5. The van der Waals surface area contributed by atoms with E-state index in [1.54, 1.807) is 23.0 Å². The zero-order valence-corrected chi connectivity index (χ0v) is 17.3. The number of aromatic nitrogens is 5. The normalized spacial score (nSPS) is 11.0. The SMILES string of the molecule is Cc1nc(C)c(C(=O)NCCn2ncc3c(NCc4ccc(F)cc4)ncnc32)s1. The summed E-state index contributed by atoms with van der Waals surface area (Å²) in [5.41, 5.74) is 2.35. The van der Waals surface area contributed by atoms with Crippen molar-refractivity contribution in [3.8, 4) is 0 Å². The van der Waals surface area contributed by atoms with Crippen LogP contribution in [-0.2, 0) is 13.1 Å². The zero-order chi connectivity index (χ0) is 21.1. The highest BCUT2D eigenvalue weighted by molar-refractivity contribution is 7.13. The van der Waals surface area contributed by atoms with Crippen LogP contribution in [0, 0.1) is 19.7 Å². The van der Waals surface area contributed by atoms with Gasteiger partial charge in [0.05, 0.1) is 28.8 Å². The number of halogens is 1. The van der Waals surface area contributed by atoms with Crippen molar-refractivity contribution in [2.45, 2.75) is 26.9 Å². The second kappa shape index (κ2) is 8.54. The summed E-state index contributed by atoms with van der Waals surface area (Å²) in [5, 5.41) is 12.2. The number of anilines is 1. The van der Waals surface area contributed by atoms with E-state index in [-0.39, 0.29) is 11.7 Å². The summed E-state index contributed by atoms with van der Waals surface area (Å²) >= 11 is 1.38. The number of carbonyl (C=O) groups excluding carboxylic acids is 1. The number of hydrogen-bond donors (Lipinski definition) is 2. The van der Waals surface area contributed by atoms with E-state index in [2.05, 4.69) is 30.7 Å². The van der Waals surface area contributed by atoms with Crippen LogP contribution in [0.15, 0.2) is 36.8 Å². The van der Waals surface area contributed by atoms with Gasteiger partial charge in [0.1, 0.15) is 22.8 Å². The molecule has 0 bridgehead atoms. The van der Waals surface area contributed by atoms with Gasteiger partial charge in [-0.1, -0.05) is 12.1 Å². The van der Waals surface area contributed by atoms with E-state index in [0.29, 0.717) is 36.0 Å². The van der Waals surface area contributed by atoms with Gasteiger partial charge in [-0.3, -0.25) is 4.79 Å². The molecular formula is C20H20FN7OS. The molecule has 3 heterocycles. The summed E-state index contributed by atoms with van der Waals surface area (Å²) < 4.78 is 14.8. The number of aryl methyl sites for hydroxylation is 2. The van der Waals surface area contributed by atoms with Crippen LogP contribution in [0.3, 0.4) is 0 Å². The maximum atomic E-state index is 13.0. The van der Waals surface area contributed by atoms with Crippen LogP contribution in [0.25, 0.3) is 11.0 Å². The average Bonchev–Trinajstić information content (AvgIpc) is 3.30. The fourth-order valence-electron chi connectivity index (χ4n) is 3.08. The Hall–Kier alpha value is -3.40. The summed E-state index contributed by atoms with van der Waals surface area (Å²) in [6.07, 6.45) is 3.16. The van der Waals surface area contributed by atoms with E-state index in [9.17, 15) is 9.18 Å². The molecule has 0 fully saturated rings. The standard InChI is InChI=1S/C20H20FN7OS/c1-12-17(30-13(2)27-12)20(29)22-7-8-28-19-16(10-26-28)18(24-11-25-19)23-9-14-3-5-15(21)6-4-14/h3-6,10-11H,7-9H2,1-2H3,(H,22,29)(H,23,24,25). The molecule has 10 heteroatoms. The molecule has 0 atom stereocenters. The molecule has 4 rings (SSSR count). The number of amides is 1. The first-order valence-corrected chi connectivity index (χ1v) is 10.2. The van der Waals surface area contributed by atoms with Gasteiger partial charge in [-0.15, -0.1) is 11.3 Å². The van der Waals surface area contributed by atoms with Crippen molar-refractivity contribution in [2.75, 3.05) is 11.9 Å². The first kappa shape index (κ1) is 19.9. The van der Waals surface area contributed by atoms with Gasteiger partial charge in [-0.2, -0.15) is 5.10 Å². The molecule has 154 valence electrons. The number of thiazole rings is 1.